The SMILES string of the molecule is C.C.CCO.C[Si](C)(C)N=C=O.Cc1cc(=O)[nH]cc1-c1ccc(F)cc1.Cc1cc(=O)n(-c2ccccc2CC(N)=O)cc1-c1ccc(F)cc1.Cc1cc(=O)n(-c2ccccc2N)cc1-c1ccc(F)cc1.Cc1cc(=O)n(-c2ccccc2[N+](=O)[O-])cc1-c1ccc(F)cc1.O=[N+]([O-])c1ccccc1I. The minimum atomic E-state index is -1.46. The van der Waals surface area contributed by atoms with Crippen LogP contribution in [0.5, 0.6) is 0 Å². The zero-order valence-electron chi connectivity index (χ0n) is 58.8. The highest BCUT2D eigenvalue weighted by atomic mass is 127. The van der Waals surface area contributed by atoms with E-state index in [9.17, 15) is 66.6 Å². The lowest BCUT2D eigenvalue weighted by Gasteiger charge is -2.14. The highest BCUT2D eigenvalue weighted by Crippen LogP contribution is 2.30. The van der Waals surface area contributed by atoms with Crippen molar-refractivity contribution in [1.82, 2.24) is 18.7 Å². The number of hydrogen-bond acceptors (Lipinski definition) is 13. The first-order valence-corrected chi connectivity index (χ1v) is 36.8. The molecule has 26 heteroatoms. The summed E-state index contributed by atoms with van der Waals surface area (Å²) in [4.78, 5) is 92.1. The van der Waals surface area contributed by atoms with Crippen LogP contribution in [-0.2, 0) is 16.0 Å². The number of hydrogen-bond donors (Lipinski definition) is 4. The monoisotopic (exact) mass is 1600 g/mol. The topological polar surface area (TPSA) is 304 Å². The summed E-state index contributed by atoms with van der Waals surface area (Å²) in [6.45, 7) is 15.2. The smallest absolute Gasteiger partial charge is 0.293 e. The number of aliphatic hydroxyl groups excluding tert-OH is 1. The number of para-hydroxylation sites is 6. The molecule has 12 aromatic rings. The summed E-state index contributed by atoms with van der Waals surface area (Å²) in [5, 5.41) is 29.0. The minimum absolute atomic E-state index is 0. The average Bonchev–Trinajstić information content (AvgIpc) is 0.795. The molecule has 0 radical (unpaired) electrons. The summed E-state index contributed by atoms with van der Waals surface area (Å²) >= 11 is 1.93. The summed E-state index contributed by atoms with van der Waals surface area (Å²) in [7, 11) is -1.46. The number of aryl methyl sites for hydroxylation is 4. The van der Waals surface area contributed by atoms with Crippen molar-refractivity contribution in [2.75, 3.05) is 12.3 Å². The van der Waals surface area contributed by atoms with E-state index in [2.05, 4.69) is 9.64 Å². The van der Waals surface area contributed by atoms with Crippen LogP contribution in [0.2, 0.25) is 19.6 Å². The van der Waals surface area contributed by atoms with Crippen molar-refractivity contribution >= 4 is 59.9 Å². The number of nitrogens with two attached hydrogens (primary N) is 2. The molecular formula is C82H82F4IN9O11Si. The molecular weight excluding hydrogens is 1520 g/mol. The van der Waals surface area contributed by atoms with E-state index in [1.54, 1.807) is 166 Å². The van der Waals surface area contributed by atoms with E-state index in [0.717, 1.165) is 55.6 Å². The van der Waals surface area contributed by atoms with Crippen LogP contribution in [-0.4, -0.2) is 60.5 Å². The number of rotatable bonds is 12. The molecule has 0 saturated carbocycles. The largest absolute Gasteiger partial charge is 0.397 e. The summed E-state index contributed by atoms with van der Waals surface area (Å²) in [5.41, 5.74) is 22.8. The number of H-pyrrole nitrogens is 1. The zero-order valence-corrected chi connectivity index (χ0v) is 61.9. The number of nitro benzene ring substituents is 2. The normalized spacial score (nSPS) is 10.1. The number of amides is 1. The maximum atomic E-state index is 13.2. The fourth-order valence-corrected chi connectivity index (χ4v) is 11.0. The van der Waals surface area contributed by atoms with Crippen LogP contribution < -0.4 is 33.7 Å². The van der Waals surface area contributed by atoms with E-state index in [1.165, 1.54) is 98.6 Å². The Morgan fingerprint density at radius 2 is 0.843 bits per heavy atom. The van der Waals surface area contributed by atoms with Gasteiger partial charge in [-0.25, -0.2) is 27.0 Å². The van der Waals surface area contributed by atoms with Crippen LogP contribution in [0.15, 0.2) is 267 Å². The lowest BCUT2D eigenvalue weighted by atomic mass is 10.0. The van der Waals surface area contributed by atoms with Gasteiger partial charge in [0.2, 0.25) is 17.5 Å². The number of carbonyl (C=O) groups excluding carboxylic acids is 2. The number of nitrogen functional groups attached to an aromatic ring is 1. The Hall–Kier alpha value is -12.4. The highest BCUT2D eigenvalue weighted by molar-refractivity contribution is 14.1. The number of pyridine rings is 4. The van der Waals surface area contributed by atoms with Crippen molar-refractivity contribution in [2.24, 2.45) is 10.4 Å². The van der Waals surface area contributed by atoms with Gasteiger partial charge < -0.3 is 21.6 Å². The van der Waals surface area contributed by atoms with E-state index < -0.39 is 19.1 Å². The van der Waals surface area contributed by atoms with Crippen LogP contribution in [0, 0.1) is 74.8 Å². The molecule has 0 saturated heterocycles. The predicted octanol–water partition coefficient (Wildman–Crippen LogP) is 17.5. The molecule has 4 aromatic heterocycles. The molecule has 0 spiro atoms. The van der Waals surface area contributed by atoms with E-state index >= 15 is 0 Å². The van der Waals surface area contributed by atoms with Crippen molar-refractivity contribution in [3.05, 3.63) is 359 Å². The van der Waals surface area contributed by atoms with E-state index in [-0.39, 0.29) is 95.4 Å². The maximum Gasteiger partial charge on any atom is 0.293 e. The van der Waals surface area contributed by atoms with Gasteiger partial charge in [0.25, 0.3) is 28.1 Å². The third-order valence-electron chi connectivity index (χ3n) is 15.1. The van der Waals surface area contributed by atoms with Gasteiger partial charge in [-0.3, -0.25) is 57.9 Å². The number of halogens is 5. The van der Waals surface area contributed by atoms with Gasteiger partial charge in [-0.1, -0.05) is 118 Å². The molecule has 0 bridgehead atoms. The first-order valence-electron chi connectivity index (χ1n) is 32.3. The standard InChI is InChI=1S/C20H17FN2O2.C18H13FN2O3.C18H15FN2O.C12H10FNO.C6H4INO2.C4H9NOSi.C2H6O.2CH4/c1-13-10-20(25)23(12-17(13)14-6-8-16(21)9-7-14)18-5-3-2-4-15(18)11-19(22)24;1-12-10-18(22)20(16-4-2-3-5-17(16)21(23)24)11-15(12)13-6-8-14(19)9-7-13;1-12-10-18(22)21(17-5-3-2-4-16(17)20)11-15(12)13-6-8-14(19)9-7-13;1-8-6-12(15)14-7-11(8)9-2-4-10(13)5-3-9;7-5-3-1-2-4-6(5)8(9)10;1-7(2,3)5-4-6;1-2-3;;/h2-10,12H,11H2,1H3,(H2,22,24);2-11H,1H3;2-11H,20H2,1H3;2-7H,1H3,(H,14,15);1-4H;1-3H3;3H,2H2,1H3;2*1H4. The summed E-state index contributed by atoms with van der Waals surface area (Å²) in [6, 6.07) is 57.3. The Labute approximate surface area is 636 Å². The second-order valence-corrected chi connectivity index (χ2v) is 29.9. The van der Waals surface area contributed by atoms with Crippen LogP contribution in [0.25, 0.3) is 61.6 Å². The fraction of sp³-hybridized carbons (Fsp3) is 0.146. The Morgan fingerprint density at radius 1 is 0.519 bits per heavy atom. The van der Waals surface area contributed by atoms with Crippen LogP contribution in [0.3, 0.4) is 0 Å². The molecule has 560 valence electrons. The second-order valence-electron chi connectivity index (χ2n) is 24.1. The number of benzene rings is 8. The molecule has 1 amide bonds. The summed E-state index contributed by atoms with van der Waals surface area (Å²) in [6.07, 6.45) is 8.24. The molecule has 0 aliphatic rings. The van der Waals surface area contributed by atoms with Gasteiger partial charge in [0.15, 0.2) is 8.24 Å². The number of aromatic amines is 1. The number of anilines is 1. The maximum absolute atomic E-state index is 13.2. The number of primary amides is 1. The molecule has 20 nitrogen and oxygen atoms in total. The van der Waals surface area contributed by atoms with Gasteiger partial charge >= 0.3 is 0 Å². The Morgan fingerprint density at radius 3 is 1.19 bits per heavy atom. The third-order valence-corrected chi connectivity index (χ3v) is 16.8. The summed E-state index contributed by atoms with van der Waals surface area (Å²) in [5.74, 6) is -1.70. The number of nitrogens with zero attached hydrogens (tertiary/aromatic N) is 6. The second kappa shape index (κ2) is 42.0. The van der Waals surface area contributed by atoms with Gasteiger partial charge in [0.1, 0.15) is 29.0 Å². The average molecular weight is 1600 g/mol. The van der Waals surface area contributed by atoms with Gasteiger partial charge in [-0.05, 0) is 206 Å². The molecule has 12 rings (SSSR count). The van der Waals surface area contributed by atoms with Crippen molar-refractivity contribution < 1.29 is 42.1 Å². The first-order chi connectivity index (χ1) is 50.3. The molecule has 0 atom stereocenters. The molecule has 0 aliphatic carbocycles. The number of aliphatic hydroxyl groups is 1. The van der Waals surface area contributed by atoms with Crippen LogP contribution >= 0.6 is 22.6 Å². The van der Waals surface area contributed by atoms with Gasteiger partial charge in [-0.2, -0.15) is 0 Å². The number of nitrogens with one attached hydrogen (secondary N) is 1. The Bertz CT molecular complexity index is 5360. The number of aromatic nitrogens is 4. The zero-order chi connectivity index (χ0) is 77.9. The number of carbonyl (C=O) groups is 1. The predicted molar refractivity (Wildman–Crippen MR) is 431 cm³/mol. The Kier molecular flexibility index (Phi) is 34.2. The minimum Gasteiger partial charge on any atom is -0.397 e. The number of isocyanates is 1. The van der Waals surface area contributed by atoms with E-state index in [0.29, 0.717) is 37.3 Å². The molecule has 0 unspecified atom stereocenters. The fourth-order valence-electron chi connectivity index (χ4n) is 10.1. The molecule has 8 aromatic carbocycles. The van der Waals surface area contributed by atoms with Crippen molar-refractivity contribution in [2.45, 2.75) is 75.5 Å². The lowest BCUT2D eigenvalue weighted by molar-refractivity contribution is -0.385. The number of nitro groups is 2. The van der Waals surface area contributed by atoms with E-state index in [1.807, 2.05) is 75.1 Å². The van der Waals surface area contributed by atoms with E-state index in [4.69, 9.17) is 16.6 Å². The molecule has 4 heterocycles. The quantitative estimate of drug-likeness (QED) is 0.0130. The molecule has 108 heavy (non-hydrogen) atoms. The summed E-state index contributed by atoms with van der Waals surface area (Å²) < 4.78 is 60.6. The van der Waals surface area contributed by atoms with Gasteiger partial charge in [-0.15, -0.1) is 0 Å². The van der Waals surface area contributed by atoms with Crippen molar-refractivity contribution in [3.8, 4) is 61.6 Å². The van der Waals surface area contributed by atoms with Gasteiger partial charge in [0, 0.05) is 90.0 Å². The van der Waals surface area contributed by atoms with Crippen molar-refractivity contribution in [3.63, 3.8) is 0 Å². The van der Waals surface area contributed by atoms with Crippen LogP contribution in [0.1, 0.15) is 49.6 Å². The van der Waals surface area contributed by atoms with Gasteiger partial charge in [0.05, 0.1) is 36.9 Å². The Balaban J connectivity index is 0.000000281. The molecule has 6 N–H and O–H groups in total. The highest BCUT2D eigenvalue weighted by Gasteiger charge is 2.19. The van der Waals surface area contributed by atoms with Crippen molar-refractivity contribution in [1.29, 1.82) is 0 Å². The molecule has 0 aliphatic heterocycles. The first kappa shape index (κ1) is 88.0. The lowest BCUT2D eigenvalue weighted by Crippen LogP contribution is -2.21. The van der Waals surface area contributed by atoms with Crippen LogP contribution in [0.4, 0.5) is 34.6 Å². The molecule has 0 fully saturated rings. The third kappa shape index (κ3) is 25.8.